The fraction of sp³-hybridized carbons (Fsp3) is 0.548. The Hall–Kier alpha value is -2.62. The predicted octanol–water partition coefficient (Wildman–Crippen LogP) is 9.57. The maximum absolute atomic E-state index is 5.93. The van der Waals surface area contributed by atoms with Crippen LogP contribution in [0.15, 0.2) is 52.9 Å². The molecule has 2 aromatic carbocycles. The molecular formula is C31H44N2O2. The lowest BCUT2D eigenvalue weighted by molar-refractivity contribution is 0.304. The summed E-state index contributed by atoms with van der Waals surface area (Å²) in [4.78, 5) is 0. The molecule has 190 valence electrons. The Morgan fingerprint density at radius 2 is 1.17 bits per heavy atom. The van der Waals surface area contributed by atoms with Crippen molar-refractivity contribution in [2.75, 3.05) is 6.61 Å². The molecule has 35 heavy (non-hydrogen) atoms. The summed E-state index contributed by atoms with van der Waals surface area (Å²) in [5.41, 5.74) is 3.00. The summed E-state index contributed by atoms with van der Waals surface area (Å²) < 4.78 is 11.8. The van der Waals surface area contributed by atoms with Gasteiger partial charge in [-0.25, -0.2) is 0 Å². The zero-order valence-electron chi connectivity index (χ0n) is 21.9. The van der Waals surface area contributed by atoms with Crippen molar-refractivity contribution in [1.82, 2.24) is 10.2 Å². The monoisotopic (exact) mass is 476 g/mol. The zero-order chi connectivity index (χ0) is 24.6. The molecule has 3 rings (SSSR count). The number of nitrogens with zero attached hydrogens (tertiary/aromatic N) is 2. The first kappa shape index (κ1) is 27.0. The van der Waals surface area contributed by atoms with Crippen molar-refractivity contribution in [2.24, 2.45) is 0 Å². The number of hydrogen-bond donors (Lipinski definition) is 0. The Balaban J connectivity index is 1.23. The third kappa shape index (κ3) is 9.87. The van der Waals surface area contributed by atoms with E-state index in [0.717, 1.165) is 35.5 Å². The molecule has 3 aromatic rings. The van der Waals surface area contributed by atoms with E-state index in [-0.39, 0.29) is 0 Å². The molecule has 0 saturated carbocycles. The molecule has 0 aliphatic heterocycles. The van der Waals surface area contributed by atoms with Crippen LogP contribution in [-0.2, 0) is 0 Å². The summed E-state index contributed by atoms with van der Waals surface area (Å²) in [5.74, 6) is 1.97. The van der Waals surface area contributed by atoms with Crippen molar-refractivity contribution >= 4 is 0 Å². The minimum absolute atomic E-state index is 0.529. The van der Waals surface area contributed by atoms with Crippen molar-refractivity contribution < 1.29 is 9.15 Å². The summed E-state index contributed by atoms with van der Waals surface area (Å²) in [5, 5.41) is 8.44. The molecule has 0 bridgehead atoms. The molecule has 1 aromatic heterocycles. The number of hydrogen-bond acceptors (Lipinski definition) is 4. The van der Waals surface area contributed by atoms with Crippen LogP contribution in [0.5, 0.6) is 5.75 Å². The van der Waals surface area contributed by atoms with Crippen LogP contribution in [0.1, 0.15) is 102 Å². The molecule has 0 fully saturated rings. The van der Waals surface area contributed by atoms with E-state index in [2.05, 4.69) is 17.1 Å². The smallest absolute Gasteiger partial charge is 0.248 e. The Morgan fingerprint density at radius 3 is 1.77 bits per heavy atom. The first-order valence-corrected chi connectivity index (χ1v) is 13.9. The fourth-order valence-corrected chi connectivity index (χ4v) is 4.44. The highest BCUT2D eigenvalue weighted by molar-refractivity contribution is 5.61. The van der Waals surface area contributed by atoms with Crippen molar-refractivity contribution in [2.45, 2.75) is 104 Å². The van der Waals surface area contributed by atoms with Crippen LogP contribution in [0.3, 0.4) is 0 Å². The van der Waals surface area contributed by atoms with Gasteiger partial charge in [0.25, 0.3) is 0 Å². The molecule has 0 unspecified atom stereocenters. The Labute approximate surface area is 212 Å². The van der Waals surface area contributed by atoms with Crippen molar-refractivity contribution in [3.63, 3.8) is 0 Å². The molecule has 0 spiro atoms. The molecule has 4 heteroatoms. The van der Waals surface area contributed by atoms with Gasteiger partial charge < -0.3 is 9.15 Å². The molecule has 1 heterocycles. The lowest BCUT2D eigenvalue weighted by Gasteiger charge is -2.07. The molecule has 0 radical (unpaired) electrons. The van der Waals surface area contributed by atoms with Crippen LogP contribution in [0.4, 0.5) is 0 Å². The molecule has 0 amide bonds. The normalized spacial score (nSPS) is 11.1. The average Bonchev–Trinajstić information content (AvgIpc) is 3.37. The molecule has 0 saturated heterocycles. The standard InChI is InChI=1S/C31H44N2O2/c1-3-4-5-6-7-8-9-10-11-12-13-14-15-18-25-34-28-23-21-27(22-24-28)30-32-33-31(35-30)29-20-17-16-19-26(29)2/h16-17,19-24H,3-15,18,25H2,1-2H3. The largest absolute Gasteiger partial charge is 0.494 e. The van der Waals surface area contributed by atoms with Gasteiger partial charge in [0.05, 0.1) is 6.61 Å². The second-order valence-electron chi connectivity index (χ2n) is 9.70. The summed E-state index contributed by atoms with van der Waals surface area (Å²) in [6.45, 7) is 5.10. The van der Waals surface area contributed by atoms with Gasteiger partial charge in [0.2, 0.25) is 11.8 Å². The minimum Gasteiger partial charge on any atom is -0.494 e. The van der Waals surface area contributed by atoms with E-state index >= 15 is 0 Å². The fourth-order valence-electron chi connectivity index (χ4n) is 4.44. The summed E-state index contributed by atoms with van der Waals surface area (Å²) in [7, 11) is 0. The number of aryl methyl sites for hydroxylation is 1. The van der Waals surface area contributed by atoms with E-state index in [1.54, 1.807) is 0 Å². The first-order valence-electron chi connectivity index (χ1n) is 13.9. The van der Waals surface area contributed by atoms with Crippen LogP contribution in [0.25, 0.3) is 22.9 Å². The van der Waals surface area contributed by atoms with Crippen LogP contribution >= 0.6 is 0 Å². The van der Waals surface area contributed by atoms with Crippen molar-refractivity contribution in [1.29, 1.82) is 0 Å². The van der Waals surface area contributed by atoms with E-state index in [4.69, 9.17) is 9.15 Å². The lowest BCUT2D eigenvalue weighted by Crippen LogP contribution is -1.97. The van der Waals surface area contributed by atoms with Gasteiger partial charge in [0, 0.05) is 11.1 Å². The topological polar surface area (TPSA) is 48.2 Å². The van der Waals surface area contributed by atoms with Gasteiger partial charge in [0.1, 0.15) is 5.75 Å². The Morgan fingerprint density at radius 1 is 0.629 bits per heavy atom. The molecule has 0 N–H and O–H groups in total. The SMILES string of the molecule is CCCCCCCCCCCCCCCCOc1ccc(-c2nnc(-c3ccccc3C)o2)cc1. The van der Waals surface area contributed by atoms with E-state index in [9.17, 15) is 0 Å². The first-order chi connectivity index (χ1) is 17.3. The predicted molar refractivity (Wildman–Crippen MR) is 146 cm³/mol. The van der Waals surface area contributed by atoms with Gasteiger partial charge in [-0.05, 0) is 49.2 Å². The maximum atomic E-state index is 5.93. The molecule has 0 atom stereocenters. The summed E-state index contributed by atoms with van der Waals surface area (Å²) >= 11 is 0. The van der Waals surface area contributed by atoms with Gasteiger partial charge in [-0.2, -0.15) is 0 Å². The lowest BCUT2D eigenvalue weighted by atomic mass is 10.0. The van der Waals surface area contributed by atoms with Crippen LogP contribution in [-0.4, -0.2) is 16.8 Å². The van der Waals surface area contributed by atoms with Crippen molar-refractivity contribution in [3.8, 4) is 28.7 Å². The Kier molecular flexibility index (Phi) is 12.4. The van der Waals surface area contributed by atoms with Gasteiger partial charge in [-0.1, -0.05) is 109 Å². The van der Waals surface area contributed by atoms with Gasteiger partial charge in [-0.15, -0.1) is 10.2 Å². The summed E-state index contributed by atoms with van der Waals surface area (Å²) in [6, 6.07) is 16.0. The van der Waals surface area contributed by atoms with Crippen molar-refractivity contribution in [3.05, 3.63) is 54.1 Å². The third-order valence-corrected chi connectivity index (χ3v) is 6.67. The highest BCUT2D eigenvalue weighted by Crippen LogP contribution is 2.27. The van der Waals surface area contributed by atoms with Gasteiger partial charge in [-0.3, -0.25) is 0 Å². The molecular weight excluding hydrogens is 432 g/mol. The van der Waals surface area contributed by atoms with Crippen LogP contribution < -0.4 is 4.74 Å². The second kappa shape index (κ2) is 16.1. The summed E-state index contributed by atoms with van der Waals surface area (Å²) in [6.07, 6.45) is 19.2. The number of unbranched alkanes of at least 4 members (excludes halogenated alkanes) is 13. The quantitative estimate of drug-likeness (QED) is 0.171. The highest BCUT2D eigenvalue weighted by Gasteiger charge is 2.12. The van der Waals surface area contributed by atoms with Gasteiger partial charge >= 0.3 is 0 Å². The third-order valence-electron chi connectivity index (χ3n) is 6.67. The maximum Gasteiger partial charge on any atom is 0.248 e. The highest BCUT2D eigenvalue weighted by atomic mass is 16.5. The number of benzene rings is 2. The van der Waals surface area contributed by atoms with Crippen LogP contribution in [0.2, 0.25) is 0 Å². The molecule has 0 aliphatic rings. The number of rotatable bonds is 18. The van der Waals surface area contributed by atoms with E-state index in [1.807, 2.05) is 55.5 Å². The minimum atomic E-state index is 0.529. The molecule has 0 aliphatic carbocycles. The zero-order valence-corrected chi connectivity index (χ0v) is 21.9. The second-order valence-corrected chi connectivity index (χ2v) is 9.70. The van der Waals surface area contributed by atoms with E-state index in [1.165, 1.54) is 83.5 Å². The Bertz CT molecular complexity index is 949. The number of ether oxygens (including phenoxy) is 1. The van der Waals surface area contributed by atoms with E-state index < -0.39 is 0 Å². The van der Waals surface area contributed by atoms with Crippen LogP contribution in [0, 0.1) is 6.92 Å². The van der Waals surface area contributed by atoms with Gasteiger partial charge in [0.15, 0.2) is 0 Å². The molecule has 4 nitrogen and oxygen atoms in total. The van der Waals surface area contributed by atoms with E-state index in [0.29, 0.717) is 11.8 Å². The number of aromatic nitrogens is 2. The average molecular weight is 477 g/mol.